The topological polar surface area (TPSA) is 26.0 Å². The van der Waals surface area contributed by atoms with E-state index in [2.05, 4.69) is 22.9 Å². The second-order valence-corrected chi connectivity index (χ2v) is 4.85. The molecule has 0 atom stereocenters. The smallest absolute Gasteiger partial charge is 0.0713 e. The van der Waals surface area contributed by atoms with E-state index in [0.717, 1.165) is 21.2 Å². The lowest BCUT2D eigenvalue weighted by molar-refractivity contribution is 1.42. The van der Waals surface area contributed by atoms with Gasteiger partial charge in [-0.3, -0.25) is 0 Å². The van der Waals surface area contributed by atoms with Gasteiger partial charge in [-0.15, -0.1) is 0 Å². The van der Waals surface area contributed by atoms with Crippen LogP contribution in [0.3, 0.4) is 0 Å². The number of hydrogen-bond acceptors (Lipinski definition) is 1. The Morgan fingerprint density at radius 1 is 1.06 bits per heavy atom. The number of rotatable bonds is 1. The van der Waals surface area contributed by atoms with E-state index in [4.69, 9.17) is 17.3 Å². The Bertz CT molecular complexity index is 488. The molecule has 0 aliphatic heterocycles. The minimum Gasteiger partial charge on any atom is -0.398 e. The van der Waals surface area contributed by atoms with Crippen molar-refractivity contribution in [2.24, 2.45) is 0 Å². The van der Waals surface area contributed by atoms with Gasteiger partial charge in [-0.25, -0.2) is 0 Å². The van der Waals surface area contributed by atoms with Gasteiger partial charge in [-0.05, 0) is 30.2 Å². The second-order valence-electron chi connectivity index (χ2n) is 3.62. The fourth-order valence-electron chi connectivity index (χ4n) is 1.66. The number of anilines is 1. The first kappa shape index (κ1) is 11.5. The Hall–Kier alpha value is -0.990. The molecule has 0 bridgehead atoms. The van der Waals surface area contributed by atoms with Crippen LogP contribution in [-0.4, -0.2) is 0 Å². The summed E-state index contributed by atoms with van der Waals surface area (Å²) < 4.78 is 1.07. The van der Waals surface area contributed by atoms with Crippen LogP contribution < -0.4 is 5.73 Å². The molecular formula is C13H11BrClN. The maximum Gasteiger partial charge on any atom is 0.0713 e. The quantitative estimate of drug-likeness (QED) is 0.761. The van der Waals surface area contributed by atoms with Crippen molar-refractivity contribution in [3.05, 3.63) is 51.5 Å². The predicted molar refractivity (Wildman–Crippen MR) is 73.7 cm³/mol. The van der Waals surface area contributed by atoms with Crippen molar-refractivity contribution in [3.8, 4) is 11.1 Å². The van der Waals surface area contributed by atoms with E-state index in [-0.39, 0.29) is 0 Å². The Balaban J connectivity index is 2.68. The molecular weight excluding hydrogens is 286 g/mol. The summed E-state index contributed by atoms with van der Waals surface area (Å²) in [5, 5.41) is 0.615. The molecule has 0 saturated heterocycles. The van der Waals surface area contributed by atoms with Crippen LogP contribution in [0.4, 0.5) is 5.69 Å². The molecule has 82 valence electrons. The van der Waals surface area contributed by atoms with Crippen molar-refractivity contribution in [1.82, 2.24) is 0 Å². The Morgan fingerprint density at radius 2 is 1.69 bits per heavy atom. The molecule has 2 aromatic rings. The fraction of sp³-hybridized carbons (Fsp3) is 0.0769. The van der Waals surface area contributed by atoms with Crippen LogP contribution in [0.2, 0.25) is 5.02 Å². The van der Waals surface area contributed by atoms with E-state index >= 15 is 0 Å². The molecule has 0 aliphatic rings. The minimum atomic E-state index is 0.610. The molecule has 16 heavy (non-hydrogen) atoms. The molecule has 0 saturated carbocycles. The van der Waals surface area contributed by atoms with Gasteiger partial charge in [0.15, 0.2) is 0 Å². The lowest BCUT2D eigenvalue weighted by Gasteiger charge is -2.10. The average Bonchev–Trinajstić information content (AvgIpc) is 2.27. The van der Waals surface area contributed by atoms with E-state index < -0.39 is 0 Å². The van der Waals surface area contributed by atoms with Gasteiger partial charge in [0.1, 0.15) is 0 Å². The summed E-state index contributed by atoms with van der Waals surface area (Å²) in [6, 6.07) is 11.7. The lowest BCUT2D eigenvalue weighted by Crippen LogP contribution is -1.90. The summed E-state index contributed by atoms with van der Waals surface area (Å²) in [5.41, 5.74) is 9.65. The standard InChI is InChI=1S/C13H11BrClN/c1-8-9(4-2-6-11(8)14)10-5-3-7-12(16)13(10)15/h2-7H,16H2,1H3. The van der Waals surface area contributed by atoms with Gasteiger partial charge >= 0.3 is 0 Å². The SMILES string of the molecule is Cc1c(Br)cccc1-c1cccc(N)c1Cl. The van der Waals surface area contributed by atoms with Gasteiger partial charge < -0.3 is 5.73 Å². The summed E-state index contributed by atoms with van der Waals surface area (Å²) >= 11 is 9.72. The maximum atomic E-state index is 6.21. The van der Waals surface area contributed by atoms with Crippen LogP contribution in [0.5, 0.6) is 0 Å². The van der Waals surface area contributed by atoms with Crippen LogP contribution in [0.25, 0.3) is 11.1 Å². The summed E-state index contributed by atoms with van der Waals surface area (Å²) in [4.78, 5) is 0. The zero-order valence-corrected chi connectivity index (χ0v) is 11.1. The number of nitrogens with two attached hydrogens (primary N) is 1. The molecule has 0 aromatic heterocycles. The molecule has 0 heterocycles. The normalized spacial score (nSPS) is 10.4. The molecule has 0 radical (unpaired) electrons. The molecule has 0 spiro atoms. The highest BCUT2D eigenvalue weighted by atomic mass is 79.9. The van der Waals surface area contributed by atoms with E-state index in [1.54, 1.807) is 6.07 Å². The average molecular weight is 297 g/mol. The number of nitrogen functional groups attached to an aromatic ring is 1. The highest BCUT2D eigenvalue weighted by Gasteiger charge is 2.09. The third-order valence-electron chi connectivity index (χ3n) is 2.59. The molecule has 0 aliphatic carbocycles. The van der Waals surface area contributed by atoms with Gasteiger partial charge in [0.05, 0.1) is 10.7 Å². The molecule has 1 nitrogen and oxygen atoms in total. The largest absolute Gasteiger partial charge is 0.398 e. The molecule has 3 heteroatoms. The monoisotopic (exact) mass is 295 g/mol. The number of hydrogen-bond donors (Lipinski definition) is 1. The van der Waals surface area contributed by atoms with Crippen molar-refractivity contribution in [3.63, 3.8) is 0 Å². The third kappa shape index (κ3) is 1.95. The third-order valence-corrected chi connectivity index (χ3v) is 3.87. The minimum absolute atomic E-state index is 0.610. The van der Waals surface area contributed by atoms with E-state index in [1.807, 2.05) is 30.3 Å². The fourth-order valence-corrected chi connectivity index (χ4v) is 2.25. The number of benzene rings is 2. The first-order valence-electron chi connectivity index (χ1n) is 4.90. The Morgan fingerprint density at radius 3 is 2.44 bits per heavy atom. The van der Waals surface area contributed by atoms with Gasteiger partial charge in [0.2, 0.25) is 0 Å². The van der Waals surface area contributed by atoms with Crippen molar-refractivity contribution < 1.29 is 0 Å². The summed E-state index contributed by atoms with van der Waals surface area (Å²) in [5.74, 6) is 0. The van der Waals surface area contributed by atoms with Crippen molar-refractivity contribution in [2.75, 3.05) is 5.73 Å². The Kier molecular flexibility index (Phi) is 3.22. The predicted octanol–water partition coefficient (Wildman–Crippen LogP) is 4.66. The summed E-state index contributed by atoms with van der Waals surface area (Å²) in [6.45, 7) is 2.05. The lowest BCUT2D eigenvalue weighted by atomic mass is 10.0. The zero-order chi connectivity index (χ0) is 11.7. The summed E-state index contributed by atoms with van der Waals surface area (Å²) in [6.07, 6.45) is 0. The maximum absolute atomic E-state index is 6.21. The molecule has 0 fully saturated rings. The van der Waals surface area contributed by atoms with Crippen LogP contribution in [0.15, 0.2) is 40.9 Å². The summed E-state index contributed by atoms with van der Waals surface area (Å²) in [7, 11) is 0. The van der Waals surface area contributed by atoms with E-state index in [9.17, 15) is 0 Å². The highest BCUT2D eigenvalue weighted by Crippen LogP contribution is 2.35. The van der Waals surface area contributed by atoms with Crippen molar-refractivity contribution in [2.45, 2.75) is 6.92 Å². The van der Waals surface area contributed by atoms with Gasteiger partial charge in [0, 0.05) is 10.0 Å². The van der Waals surface area contributed by atoms with E-state index in [0.29, 0.717) is 10.7 Å². The molecule has 0 amide bonds. The first-order valence-corrected chi connectivity index (χ1v) is 6.08. The van der Waals surface area contributed by atoms with Crippen molar-refractivity contribution >= 4 is 33.2 Å². The van der Waals surface area contributed by atoms with Crippen LogP contribution in [0.1, 0.15) is 5.56 Å². The Labute approximate surface area is 108 Å². The van der Waals surface area contributed by atoms with Gasteiger partial charge in [-0.1, -0.05) is 51.8 Å². The molecule has 0 unspecified atom stereocenters. The van der Waals surface area contributed by atoms with Crippen LogP contribution >= 0.6 is 27.5 Å². The molecule has 2 N–H and O–H groups in total. The molecule has 2 aromatic carbocycles. The molecule has 2 rings (SSSR count). The van der Waals surface area contributed by atoms with Crippen molar-refractivity contribution in [1.29, 1.82) is 0 Å². The zero-order valence-electron chi connectivity index (χ0n) is 8.80. The van der Waals surface area contributed by atoms with Gasteiger partial charge in [-0.2, -0.15) is 0 Å². The highest BCUT2D eigenvalue weighted by molar-refractivity contribution is 9.10. The van der Waals surface area contributed by atoms with Crippen LogP contribution in [0, 0.1) is 6.92 Å². The van der Waals surface area contributed by atoms with E-state index in [1.165, 1.54) is 0 Å². The second kappa shape index (κ2) is 4.48. The first-order chi connectivity index (χ1) is 7.61. The van der Waals surface area contributed by atoms with Crippen LogP contribution in [-0.2, 0) is 0 Å². The van der Waals surface area contributed by atoms with Gasteiger partial charge in [0.25, 0.3) is 0 Å². The number of halogens is 2.